The Labute approximate surface area is 141 Å². The lowest BCUT2D eigenvalue weighted by atomic mass is 10.1. The molecule has 24 heavy (non-hydrogen) atoms. The Morgan fingerprint density at radius 2 is 2.04 bits per heavy atom. The average molecular weight is 324 g/mol. The highest BCUT2D eigenvalue weighted by Crippen LogP contribution is 2.32. The van der Waals surface area contributed by atoms with Gasteiger partial charge in [0.1, 0.15) is 5.75 Å². The molecule has 3 rings (SSSR count). The molecular weight excluding hydrogens is 304 g/mol. The molecule has 5 heteroatoms. The lowest BCUT2D eigenvalue weighted by Crippen LogP contribution is -2.35. The molecule has 0 radical (unpaired) electrons. The highest BCUT2D eigenvalue weighted by molar-refractivity contribution is 5.97. The summed E-state index contributed by atoms with van der Waals surface area (Å²) in [7, 11) is 1.71. The van der Waals surface area contributed by atoms with Crippen LogP contribution in [0.5, 0.6) is 5.75 Å². The fraction of sp³-hybridized carbons (Fsp3) is 0.263. The molecule has 124 valence electrons. The number of benzene rings is 2. The molecule has 0 bridgehead atoms. The number of fused-ring (bicyclic) bond motifs is 1. The van der Waals surface area contributed by atoms with Gasteiger partial charge in [-0.1, -0.05) is 35.9 Å². The standard InChI is InChI=1S/C19H20N2O3/c1-13-4-3-5-15(8-13)11-20-18(22)10-14-6-7-17-16(9-14)21(2)19(23)12-24-17/h3-9H,10-12H2,1-2H3,(H,20,22). The second-order valence-corrected chi connectivity index (χ2v) is 5.99. The summed E-state index contributed by atoms with van der Waals surface area (Å²) in [5.74, 6) is 0.520. The van der Waals surface area contributed by atoms with E-state index in [1.807, 2.05) is 37.3 Å². The van der Waals surface area contributed by atoms with Crippen LogP contribution in [0.15, 0.2) is 42.5 Å². The smallest absolute Gasteiger partial charge is 0.264 e. The lowest BCUT2D eigenvalue weighted by Gasteiger charge is -2.26. The van der Waals surface area contributed by atoms with Gasteiger partial charge in [0.25, 0.3) is 5.91 Å². The van der Waals surface area contributed by atoms with Crippen molar-refractivity contribution in [1.82, 2.24) is 5.32 Å². The van der Waals surface area contributed by atoms with Crippen molar-refractivity contribution >= 4 is 17.5 Å². The zero-order chi connectivity index (χ0) is 17.1. The molecule has 5 nitrogen and oxygen atoms in total. The molecule has 0 aliphatic carbocycles. The van der Waals surface area contributed by atoms with E-state index in [4.69, 9.17) is 4.74 Å². The van der Waals surface area contributed by atoms with E-state index in [1.165, 1.54) is 5.56 Å². The fourth-order valence-electron chi connectivity index (χ4n) is 2.70. The largest absolute Gasteiger partial charge is 0.482 e. The van der Waals surface area contributed by atoms with E-state index in [-0.39, 0.29) is 24.8 Å². The Morgan fingerprint density at radius 1 is 1.21 bits per heavy atom. The number of nitrogens with one attached hydrogen (secondary N) is 1. The van der Waals surface area contributed by atoms with E-state index < -0.39 is 0 Å². The van der Waals surface area contributed by atoms with Crippen LogP contribution in [0, 0.1) is 6.92 Å². The highest BCUT2D eigenvalue weighted by atomic mass is 16.5. The van der Waals surface area contributed by atoms with Crippen LogP contribution in [0.3, 0.4) is 0 Å². The van der Waals surface area contributed by atoms with Crippen molar-refractivity contribution in [3.8, 4) is 5.75 Å². The fourth-order valence-corrected chi connectivity index (χ4v) is 2.70. The van der Waals surface area contributed by atoms with E-state index in [2.05, 4.69) is 11.4 Å². The molecule has 0 spiro atoms. The SMILES string of the molecule is Cc1cccc(CNC(=O)Cc2ccc3c(c2)N(C)C(=O)CO3)c1. The monoisotopic (exact) mass is 324 g/mol. The quantitative estimate of drug-likeness (QED) is 0.938. The number of carbonyl (C=O) groups is 2. The number of likely N-dealkylation sites (N-methyl/N-ethyl adjacent to an activating group) is 1. The number of aryl methyl sites for hydroxylation is 1. The summed E-state index contributed by atoms with van der Waals surface area (Å²) >= 11 is 0. The van der Waals surface area contributed by atoms with Crippen LogP contribution in [0.1, 0.15) is 16.7 Å². The maximum Gasteiger partial charge on any atom is 0.264 e. The van der Waals surface area contributed by atoms with Crippen LogP contribution in [-0.2, 0) is 22.6 Å². The number of hydrogen-bond acceptors (Lipinski definition) is 3. The van der Waals surface area contributed by atoms with Gasteiger partial charge in [0.2, 0.25) is 5.91 Å². The average Bonchev–Trinajstić information content (AvgIpc) is 2.57. The predicted octanol–water partition coefficient (Wildman–Crippen LogP) is 2.21. The van der Waals surface area contributed by atoms with E-state index in [9.17, 15) is 9.59 Å². The summed E-state index contributed by atoms with van der Waals surface area (Å²) in [4.78, 5) is 25.4. The highest BCUT2D eigenvalue weighted by Gasteiger charge is 2.22. The Balaban J connectivity index is 1.63. The van der Waals surface area contributed by atoms with Gasteiger partial charge in [-0.15, -0.1) is 0 Å². The molecule has 2 aromatic carbocycles. The van der Waals surface area contributed by atoms with Crippen molar-refractivity contribution in [1.29, 1.82) is 0 Å². The third-order valence-corrected chi connectivity index (χ3v) is 4.05. The van der Waals surface area contributed by atoms with Gasteiger partial charge >= 0.3 is 0 Å². The summed E-state index contributed by atoms with van der Waals surface area (Å²) < 4.78 is 5.39. The first-order valence-electron chi connectivity index (χ1n) is 7.87. The number of hydrogen-bond donors (Lipinski definition) is 1. The first-order chi connectivity index (χ1) is 11.5. The van der Waals surface area contributed by atoms with Gasteiger partial charge in [0.15, 0.2) is 6.61 Å². The summed E-state index contributed by atoms with van der Waals surface area (Å²) in [5.41, 5.74) is 3.80. The molecule has 1 N–H and O–H groups in total. The molecule has 1 aliphatic rings. The number of rotatable bonds is 4. The molecule has 0 unspecified atom stereocenters. The third kappa shape index (κ3) is 3.56. The van der Waals surface area contributed by atoms with Gasteiger partial charge in [-0.05, 0) is 30.2 Å². The van der Waals surface area contributed by atoms with Crippen LogP contribution in [-0.4, -0.2) is 25.5 Å². The van der Waals surface area contributed by atoms with Gasteiger partial charge in [-0.2, -0.15) is 0 Å². The molecule has 0 fully saturated rings. The van der Waals surface area contributed by atoms with Gasteiger partial charge in [0.05, 0.1) is 12.1 Å². The summed E-state index contributed by atoms with van der Waals surface area (Å²) in [6, 6.07) is 13.5. The Bertz CT molecular complexity index is 786. The van der Waals surface area contributed by atoms with E-state index >= 15 is 0 Å². The Kier molecular flexibility index (Phi) is 4.51. The summed E-state index contributed by atoms with van der Waals surface area (Å²) in [6.45, 7) is 2.59. The van der Waals surface area contributed by atoms with E-state index in [0.717, 1.165) is 11.1 Å². The van der Waals surface area contributed by atoms with Crippen LogP contribution in [0.2, 0.25) is 0 Å². The Morgan fingerprint density at radius 3 is 2.83 bits per heavy atom. The van der Waals surface area contributed by atoms with E-state index in [1.54, 1.807) is 18.0 Å². The second-order valence-electron chi connectivity index (χ2n) is 5.99. The van der Waals surface area contributed by atoms with Crippen molar-refractivity contribution in [2.75, 3.05) is 18.6 Å². The van der Waals surface area contributed by atoms with Crippen molar-refractivity contribution in [2.24, 2.45) is 0 Å². The van der Waals surface area contributed by atoms with E-state index in [0.29, 0.717) is 18.0 Å². The van der Waals surface area contributed by atoms with Gasteiger partial charge < -0.3 is 15.0 Å². The van der Waals surface area contributed by atoms with Crippen LogP contribution in [0.4, 0.5) is 5.69 Å². The number of carbonyl (C=O) groups excluding carboxylic acids is 2. The van der Waals surface area contributed by atoms with Crippen molar-refractivity contribution in [3.05, 3.63) is 59.2 Å². The number of amides is 2. The third-order valence-electron chi connectivity index (χ3n) is 4.05. The molecule has 0 saturated heterocycles. The number of anilines is 1. The molecule has 1 heterocycles. The molecule has 0 saturated carbocycles. The molecule has 0 aromatic heterocycles. The van der Waals surface area contributed by atoms with Crippen molar-refractivity contribution < 1.29 is 14.3 Å². The minimum atomic E-state index is -0.0939. The minimum Gasteiger partial charge on any atom is -0.482 e. The Hall–Kier alpha value is -2.82. The summed E-state index contributed by atoms with van der Waals surface area (Å²) in [5, 5.41) is 2.92. The lowest BCUT2D eigenvalue weighted by molar-refractivity contribution is -0.121. The summed E-state index contributed by atoms with van der Waals surface area (Å²) in [6.07, 6.45) is 0.265. The van der Waals surface area contributed by atoms with Crippen molar-refractivity contribution in [3.63, 3.8) is 0 Å². The van der Waals surface area contributed by atoms with Gasteiger partial charge in [0, 0.05) is 13.6 Å². The maximum absolute atomic E-state index is 12.2. The number of nitrogens with zero attached hydrogens (tertiary/aromatic N) is 1. The zero-order valence-electron chi connectivity index (χ0n) is 13.8. The van der Waals surface area contributed by atoms with Gasteiger partial charge in [-0.25, -0.2) is 0 Å². The molecule has 2 aromatic rings. The minimum absolute atomic E-state index is 0.0536. The molecular formula is C19H20N2O3. The first-order valence-corrected chi connectivity index (χ1v) is 7.87. The van der Waals surface area contributed by atoms with Crippen molar-refractivity contribution in [2.45, 2.75) is 19.9 Å². The normalized spacial score (nSPS) is 13.2. The maximum atomic E-state index is 12.2. The van der Waals surface area contributed by atoms with Crippen LogP contribution < -0.4 is 15.0 Å². The number of ether oxygens (including phenoxy) is 1. The van der Waals surface area contributed by atoms with Crippen LogP contribution in [0.25, 0.3) is 0 Å². The molecule has 1 aliphatic heterocycles. The molecule has 2 amide bonds. The zero-order valence-corrected chi connectivity index (χ0v) is 13.8. The predicted molar refractivity (Wildman–Crippen MR) is 92.1 cm³/mol. The van der Waals surface area contributed by atoms with Gasteiger partial charge in [-0.3, -0.25) is 9.59 Å². The second kappa shape index (κ2) is 6.74. The topological polar surface area (TPSA) is 58.6 Å². The molecule has 0 atom stereocenters. The first kappa shape index (κ1) is 16.1. The van der Waals surface area contributed by atoms with Crippen LogP contribution >= 0.6 is 0 Å².